The molecule has 4 atom stereocenters. The van der Waals surface area contributed by atoms with E-state index in [9.17, 15) is 20.4 Å². The number of benzene rings is 2. The van der Waals surface area contributed by atoms with Crippen LogP contribution in [0.25, 0.3) is 12.2 Å². The first-order valence-corrected chi connectivity index (χ1v) is 12.0. The van der Waals surface area contributed by atoms with E-state index in [1.807, 2.05) is 59.5 Å². The van der Waals surface area contributed by atoms with E-state index in [1.165, 1.54) is 0 Å². The Bertz CT molecular complexity index is 911. The SMILES string of the molecule is COc1cc(/C=C/c2ccc(OCCCCCN3C[C@H](O)[C@@H](O)C(O)[C@H]3CO)cc2)cc(OC)c1. The first-order chi connectivity index (χ1) is 16.9. The number of nitrogens with zero attached hydrogens (tertiary/aromatic N) is 1. The summed E-state index contributed by atoms with van der Waals surface area (Å²) in [6, 6.07) is 13.1. The summed E-state index contributed by atoms with van der Waals surface area (Å²) in [5, 5.41) is 39.3. The Balaban J connectivity index is 1.39. The smallest absolute Gasteiger partial charge is 0.123 e. The molecule has 1 saturated heterocycles. The molecule has 1 heterocycles. The summed E-state index contributed by atoms with van der Waals surface area (Å²) in [7, 11) is 3.26. The van der Waals surface area contributed by atoms with Gasteiger partial charge in [-0.25, -0.2) is 0 Å². The largest absolute Gasteiger partial charge is 0.497 e. The van der Waals surface area contributed by atoms with Crippen molar-refractivity contribution in [3.05, 3.63) is 53.6 Å². The second kappa shape index (κ2) is 13.5. The number of β-amino-alcohol motifs (C(OH)–C–C–N with tert-alkyl or cyclic N) is 1. The fourth-order valence-corrected chi connectivity index (χ4v) is 4.21. The van der Waals surface area contributed by atoms with Gasteiger partial charge in [0.15, 0.2) is 0 Å². The van der Waals surface area contributed by atoms with E-state index in [0.29, 0.717) is 13.2 Å². The van der Waals surface area contributed by atoms with Crippen LogP contribution in [-0.2, 0) is 0 Å². The summed E-state index contributed by atoms with van der Waals surface area (Å²) in [5.41, 5.74) is 2.03. The molecule has 1 aliphatic heterocycles. The van der Waals surface area contributed by atoms with E-state index in [2.05, 4.69) is 0 Å². The van der Waals surface area contributed by atoms with Crippen LogP contribution in [-0.4, -0.2) is 90.2 Å². The maximum absolute atomic E-state index is 10.1. The normalized spacial score (nSPS) is 22.9. The van der Waals surface area contributed by atoms with Gasteiger partial charge in [-0.3, -0.25) is 4.90 Å². The van der Waals surface area contributed by atoms with Gasteiger partial charge in [-0.05, 0) is 61.2 Å². The Hall–Kier alpha value is -2.62. The second-order valence-electron chi connectivity index (χ2n) is 8.75. The van der Waals surface area contributed by atoms with Gasteiger partial charge in [0.25, 0.3) is 0 Å². The highest BCUT2D eigenvalue weighted by Gasteiger charge is 2.40. The maximum Gasteiger partial charge on any atom is 0.123 e. The van der Waals surface area contributed by atoms with Crippen molar-refractivity contribution in [3.63, 3.8) is 0 Å². The Kier molecular flexibility index (Phi) is 10.4. The van der Waals surface area contributed by atoms with Crippen molar-refractivity contribution in [1.29, 1.82) is 0 Å². The third-order valence-corrected chi connectivity index (χ3v) is 6.30. The molecule has 4 N–H and O–H groups in total. The predicted octanol–water partition coefficient (Wildman–Crippen LogP) is 2.18. The zero-order valence-electron chi connectivity index (χ0n) is 20.4. The molecule has 0 aliphatic carbocycles. The molecule has 0 bridgehead atoms. The number of aliphatic hydroxyl groups is 4. The molecule has 35 heavy (non-hydrogen) atoms. The molecule has 1 fully saturated rings. The third kappa shape index (κ3) is 7.68. The minimum Gasteiger partial charge on any atom is -0.497 e. The highest BCUT2D eigenvalue weighted by atomic mass is 16.5. The van der Waals surface area contributed by atoms with E-state index in [-0.39, 0.29) is 13.2 Å². The van der Waals surface area contributed by atoms with Crippen LogP contribution in [0.1, 0.15) is 30.4 Å². The molecule has 1 unspecified atom stereocenters. The first kappa shape index (κ1) is 27.0. The number of rotatable bonds is 12. The van der Waals surface area contributed by atoms with Crippen LogP contribution in [0.4, 0.5) is 0 Å². The predicted molar refractivity (Wildman–Crippen MR) is 135 cm³/mol. The van der Waals surface area contributed by atoms with E-state index < -0.39 is 24.4 Å². The van der Waals surface area contributed by atoms with Crippen LogP contribution in [0.15, 0.2) is 42.5 Å². The van der Waals surface area contributed by atoms with Gasteiger partial charge in [-0.15, -0.1) is 0 Å². The van der Waals surface area contributed by atoms with Crippen LogP contribution >= 0.6 is 0 Å². The van der Waals surface area contributed by atoms with Gasteiger partial charge in [0.1, 0.15) is 29.5 Å². The Morgan fingerprint density at radius 3 is 2.11 bits per heavy atom. The summed E-state index contributed by atoms with van der Waals surface area (Å²) in [6.45, 7) is 1.21. The molecule has 8 nitrogen and oxygen atoms in total. The third-order valence-electron chi connectivity index (χ3n) is 6.30. The van der Waals surface area contributed by atoms with Crippen LogP contribution in [0.2, 0.25) is 0 Å². The molecular weight excluding hydrogens is 450 g/mol. The van der Waals surface area contributed by atoms with Crippen molar-refractivity contribution in [2.45, 2.75) is 43.6 Å². The maximum atomic E-state index is 10.1. The number of ether oxygens (including phenoxy) is 3. The van der Waals surface area contributed by atoms with Crippen LogP contribution in [0.3, 0.4) is 0 Å². The van der Waals surface area contributed by atoms with Gasteiger partial charge >= 0.3 is 0 Å². The minimum atomic E-state index is -1.22. The lowest BCUT2D eigenvalue weighted by atomic mass is 9.94. The summed E-state index contributed by atoms with van der Waals surface area (Å²) in [6.07, 6.45) is 3.26. The Morgan fingerprint density at radius 1 is 0.829 bits per heavy atom. The molecule has 0 radical (unpaired) electrons. The van der Waals surface area contributed by atoms with Gasteiger partial charge in [-0.2, -0.15) is 0 Å². The van der Waals surface area contributed by atoms with Gasteiger partial charge in [-0.1, -0.05) is 24.3 Å². The number of hydrogen-bond acceptors (Lipinski definition) is 8. The van der Waals surface area contributed by atoms with Crippen molar-refractivity contribution < 1.29 is 34.6 Å². The fraction of sp³-hybridized carbons (Fsp3) is 0.481. The molecule has 2 aromatic carbocycles. The molecule has 0 aromatic heterocycles. The number of methoxy groups -OCH3 is 2. The standard InChI is InChI=1S/C27H37NO7/c1-33-22-14-20(15-23(16-22)34-2)7-6-19-8-10-21(11-9-19)35-13-5-3-4-12-28-17-25(30)27(32)26(31)24(28)18-29/h6-11,14-16,24-27,29-32H,3-5,12-13,17-18H2,1-2H3/b7-6+/t24-,25+,26?,27-/m1/s1. The molecule has 1 aliphatic rings. The van der Waals surface area contributed by atoms with E-state index in [0.717, 1.165) is 47.6 Å². The summed E-state index contributed by atoms with van der Waals surface area (Å²) in [4.78, 5) is 1.84. The van der Waals surface area contributed by atoms with Crippen molar-refractivity contribution in [3.8, 4) is 17.2 Å². The average Bonchev–Trinajstić information content (AvgIpc) is 2.88. The number of aliphatic hydroxyl groups excluding tert-OH is 4. The monoisotopic (exact) mass is 487 g/mol. The summed E-state index contributed by atoms with van der Waals surface area (Å²) >= 11 is 0. The van der Waals surface area contributed by atoms with E-state index in [4.69, 9.17) is 14.2 Å². The first-order valence-electron chi connectivity index (χ1n) is 12.0. The molecule has 3 rings (SSSR count). The zero-order chi connectivity index (χ0) is 25.2. The Labute approximate surface area is 207 Å². The fourth-order valence-electron chi connectivity index (χ4n) is 4.21. The van der Waals surface area contributed by atoms with Crippen LogP contribution in [0.5, 0.6) is 17.2 Å². The summed E-state index contributed by atoms with van der Waals surface area (Å²) < 4.78 is 16.5. The highest BCUT2D eigenvalue weighted by Crippen LogP contribution is 2.24. The second-order valence-corrected chi connectivity index (χ2v) is 8.75. The molecule has 0 amide bonds. The van der Waals surface area contributed by atoms with Crippen molar-refractivity contribution >= 4 is 12.2 Å². The van der Waals surface area contributed by atoms with Gasteiger partial charge < -0.3 is 34.6 Å². The van der Waals surface area contributed by atoms with E-state index in [1.54, 1.807) is 14.2 Å². The van der Waals surface area contributed by atoms with Gasteiger partial charge in [0.2, 0.25) is 0 Å². The lowest BCUT2D eigenvalue weighted by Crippen LogP contribution is -2.62. The van der Waals surface area contributed by atoms with E-state index >= 15 is 0 Å². The quantitative estimate of drug-likeness (QED) is 0.266. The molecule has 2 aromatic rings. The van der Waals surface area contributed by atoms with Gasteiger partial charge in [0.05, 0.1) is 39.6 Å². The number of likely N-dealkylation sites (tertiary alicyclic amines) is 1. The van der Waals surface area contributed by atoms with Crippen molar-refractivity contribution in [2.24, 2.45) is 0 Å². The van der Waals surface area contributed by atoms with Gasteiger partial charge in [0, 0.05) is 12.6 Å². The molecule has 192 valence electrons. The highest BCUT2D eigenvalue weighted by molar-refractivity contribution is 5.71. The Morgan fingerprint density at radius 2 is 1.49 bits per heavy atom. The number of piperidine rings is 1. The molecule has 0 saturated carbocycles. The molecular formula is C27H37NO7. The summed E-state index contributed by atoms with van der Waals surface area (Å²) in [5.74, 6) is 2.29. The lowest BCUT2D eigenvalue weighted by molar-refractivity contribution is -0.145. The number of unbranched alkanes of at least 4 members (excludes halogenated alkanes) is 2. The minimum absolute atomic E-state index is 0.242. The lowest BCUT2D eigenvalue weighted by Gasteiger charge is -2.43. The van der Waals surface area contributed by atoms with Crippen LogP contribution < -0.4 is 14.2 Å². The zero-order valence-corrected chi connectivity index (χ0v) is 20.4. The average molecular weight is 488 g/mol. The van der Waals surface area contributed by atoms with Crippen molar-refractivity contribution in [2.75, 3.05) is 40.5 Å². The molecule has 8 heteroatoms. The number of hydrogen-bond donors (Lipinski definition) is 4. The van der Waals surface area contributed by atoms with Crippen LogP contribution in [0, 0.1) is 0 Å². The molecule has 0 spiro atoms. The van der Waals surface area contributed by atoms with Crippen molar-refractivity contribution in [1.82, 2.24) is 4.90 Å². The topological polar surface area (TPSA) is 112 Å².